The fraction of sp³-hybridized carbons (Fsp3) is 0.600. The molecule has 1 aromatic rings. The second-order valence-electron chi connectivity index (χ2n) is 3.74. The summed E-state index contributed by atoms with van der Waals surface area (Å²) in [5, 5.41) is 0. The third kappa shape index (κ3) is 5.30. The largest absolute Gasteiger partial charge is 0.337 e. The van der Waals surface area contributed by atoms with Crippen LogP contribution in [-0.4, -0.2) is 33.4 Å². The molecule has 0 radical (unpaired) electrons. The molecular formula is C10H18Cl2F2N4O. The number of imidazole rings is 1. The monoisotopic (exact) mass is 318 g/mol. The molecule has 1 atom stereocenters. The van der Waals surface area contributed by atoms with Crippen molar-refractivity contribution >= 4 is 30.7 Å². The summed E-state index contributed by atoms with van der Waals surface area (Å²) >= 11 is 0. The molecule has 0 unspecified atom stereocenters. The normalized spacial score (nSPS) is 11.5. The van der Waals surface area contributed by atoms with Crippen molar-refractivity contribution in [3.05, 3.63) is 18.2 Å². The van der Waals surface area contributed by atoms with Crippen LogP contribution in [0.4, 0.5) is 8.78 Å². The average molecular weight is 319 g/mol. The van der Waals surface area contributed by atoms with Gasteiger partial charge in [0.1, 0.15) is 5.82 Å². The molecule has 1 rings (SSSR count). The molecule has 19 heavy (non-hydrogen) atoms. The molecule has 2 N–H and O–H groups in total. The fourth-order valence-corrected chi connectivity index (χ4v) is 1.39. The molecule has 0 aromatic carbocycles. The van der Waals surface area contributed by atoms with Gasteiger partial charge in [0, 0.05) is 19.4 Å². The summed E-state index contributed by atoms with van der Waals surface area (Å²) in [6.45, 7) is -0.851. The summed E-state index contributed by atoms with van der Waals surface area (Å²) in [5.41, 5.74) is 5.58. The van der Waals surface area contributed by atoms with Crippen LogP contribution < -0.4 is 5.73 Å². The minimum absolute atomic E-state index is 0. The average Bonchev–Trinajstić information content (AvgIpc) is 2.75. The lowest BCUT2D eigenvalue weighted by Crippen LogP contribution is -2.41. The molecule has 0 aliphatic rings. The maximum atomic E-state index is 12.5. The molecule has 0 aliphatic carbocycles. The van der Waals surface area contributed by atoms with E-state index in [1.54, 1.807) is 6.92 Å². The van der Waals surface area contributed by atoms with Crippen LogP contribution >= 0.6 is 24.8 Å². The lowest BCUT2D eigenvalue weighted by Gasteiger charge is -2.20. The Balaban J connectivity index is 0. The van der Waals surface area contributed by atoms with Crippen molar-refractivity contribution in [1.82, 2.24) is 14.5 Å². The van der Waals surface area contributed by atoms with Gasteiger partial charge in [-0.1, -0.05) is 6.92 Å². The second kappa shape index (κ2) is 9.06. The standard InChI is InChI=1S/C10H16F2N4O.2ClH/c1-3-7(13)9(17)15(2)6-8-14-4-5-16(8)10(11)12;;/h4-5,7,10H,3,6,13H2,1-2H3;2*1H/t7-;;/m0../s1. The quantitative estimate of drug-likeness (QED) is 0.900. The zero-order valence-corrected chi connectivity index (χ0v) is 12.3. The minimum Gasteiger partial charge on any atom is -0.337 e. The minimum atomic E-state index is -2.66. The molecule has 5 nitrogen and oxygen atoms in total. The van der Waals surface area contributed by atoms with Crippen molar-refractivity contribution in [2.75, 3.05) is 7.05 Å². The van der Waals surface area contributed by atoms with E-state index in [9.17, 15) is 13.6 Å². The van der Waals surface area contributed by atoms with E-state index in [1.165, 1.54) is 24.3 Å². The van der Waals surface area contributed by atoms with Crippen molar-refractivity contribution in [3.8, 4) is 0 Å². The van der Waals surface area contributed by atoms with Crippen LogP contribution in [0.1, 0.15) is 25.7 Å². The summed E-state index contributed by atoms with van der Waals surface area (Å²) in [5.74, 6) is -0.143. The lowest BCUT2D eigenvalue weighted by atomic mass is 10.2. The Bertz CT molecular complexity index is 389. The van der Waals surface area contributed by atoms with Crippen LogP contribution in [0.15, 0.2) is 12.4 Å². The molecule has 112 valence electrons. The summed E-state index contributed by atoms with van der Waals surface area (Å²) in [4.78, 5) is 16.8. The maximum absolute atomic E-state index is 12.5. The van der Waals surface area contributed by atoms with Crippen LogP contribution in [0.5, 0.6) is 0 Å². The first-order valence-corrected chi connectivity index (χ1v) is 5.27. The summed E-state index contributed by atoms with van der Waals surface area (Å²) in [7, 11) is 1.52. The van der Waals surface area contributed by atoms with E-state index in [0.717, 1.165) is 4.57 Å². The predicted octanol–water partition coefficient (Wildman–Crippen LogP) is 1.82. The number of carbonyl (C=O) groups is 1. The Hall–Kier alpha value is -0.920. The van der Waals surface area contributed by atoms with Crippen LogP contribution in [0.2, 0.25) is 0 Å². The predicted molar refractivity (Wildman–Crippen MR) is 72.7 cm³/mol. The van der Waals surface area contributed by atoms with E-state index in [-0.39, 0.29) is 43.1 Å². The number of amides is 1. The Morgan fingerprint density at radius 2 is 2.11 bits per heavy atom. The van der Waals surface area contributed by atoms with E-state index in [0.29, 0.717) is 6.42 Å². The molecule has 0 saturated heterocycles. The Morgan fingerprint density at radius 3 is 2.58 bits per heavy atom. The highest BCUT2D eigenvalue weighted by atomic mass is 35.5. The molecular weight excluding hydrogens is 301 g/mol. The van der Waals surface area contributed by atoms with Gasteiger partial charge in [-0.2, -0.15) is 8.78 Å². The number of nitrogens with two attached hydrogens (primary N) is 1. The van der Waals surface area contributed by atoms with Gasteiger partial charge in [0.15, 0.2) is 0 Å². The van der Waals surface area contributed by atoms with Crippen molar-refractivity contribution in [3.63, 3.8) is 0 Å². The first-order valence-electron chi connectivity index (χ1n) is 5.27. The topological polar surface area (TPSA) is 64.2 Å². The number of hydrogen-bond acceptors (Lipinski definition) is 3. The highest BCUT2D eigenvalue weighted by molar-refractivity contribution is 5.85. The van der Waals surface area contributed by atoms with E-state index < -0.39 is 12.6 Å². The number of hydrogen-bond donors (Lipinski definition) is 1. The Labute approximate surface area is 123 Å². The second-order valence-corrected chi connectivity index (χ2v) is 3.74. The van der Waals surface area contributed by atoms with Crippen LogP contribution in [0, 0.1) is 0 Å². The number of aromatic nitrogens is 2. The molecule has 1 heterocycles. The van der Waals surface area contributed by atoms with Crippen molar-refractivity contribution in [2.24, 2.45) is 5.73 Å². The van der Waals surface area contributed by atoms with Gasteiger partial charge in [0.05, 0.1) is 12.6 Å². The lowest BCUT2D eigenvalue weighted by molar-refractivity contribution is -0.132. The van der Waals surface area contributed by atoms with Crippen LogP contribution in [0.3, 0.4) is 0 Å². The van der Waals surface area contributed by atoms with Crippen LogP contribution in [0.25, 0.3) is 0 Å². The van der Waals surface area contributed by atoms with Crippen LogP contribution in [-0.2, 0) is 11.3 Å². The van der Waals surface area contributed by atoms with Gasteiger partial charge >= 0.3 is 6.55 Å². The van der Waals surface area contributed by atoms with Gasteiger partial charge in [-0.25, -0.2) is 4.98 Å². The first kappa shape index (κ1) is 20.4. The van der Waals surface area contributed by atoms with Crippen molar-refractivity contribution in [1.29, 1.82) is 0 Å². The van der Waals surface area contributed by atoms with E-state index in [4.69, 9.17) is 5.73 Å². The Morgan fingerprint density at radius 1 is 1.53 bits per heavy atom. The number of nitrogens with zero attached hydrogens (tertiary/aromatic N) is 3. The highest BCUT2D eigenvalue weighted by Gasteiger charge is 2.19. The number of alkyl halides is 2. The van der Waals surface area contributed by atoms with Gasteiger partial charge in [0.2, 0.25) is 5.91 Å². The number of halogens is 4. The molecule has 0 spiro atoms. The third-order valence-electron chi connectivity index (χ3n) is 2.47. The van der Waals surface area contributed by atoms with Gasteiger partial charge in [0.25, 0.3) is 0 Å². The zero-order chi connectivity index (χ0) is 13.0. The molecule has 9 heteroatoms. The van der Waals surface area contributed by atoms with Crippen molar-refractivity contribution < 1.29 is 13.6 Å². The van der Waals surface area contributed by atoms with Gasteiger partial charge in [-0.3, -0.25) is 9.36 Å². The number of carbonyl (C=O) groups excluding carboxylic acids is 1. The Kier molecular flexibility index (Phi) is 9.73. The number of rotatable bonds is 5. The molecule has 0 fully saturated rings. The molecule has 0 aliphatic heterocycles. The van der Waals surface area contributed by atoms with Gasteiger partial charge < -0.3 is 10.6 Å². The molecule has 0 saturated carbocycles. The fourth-order valence-electron chi connectivity index (χ4n) is 1.39. The molecule has 1 amide bonds. The SMILES string of the molecule is CC[C@H](N)C(=O)N(C)Cc1nccn1C(F)F.Cl.Cl. The molecule has 0 bridgehead atoms. The van der Waals surface area contributed by atoms with E-state index in [1.807, 2.05) is 0 Å². The summed E-state index contributed by atoms with van der Waals surface area (Å²) < 4.78 is 25.8. The van der Waals surface area contributed by atoms with E-state index >= 15 is 0 Å². The summed E-state index contributed by atoms with van der Waals surface area (Å²) in [6, 6.07) is -0.602. The van der Waals surface area contributed by atoms with E-state index in [2.05, 4.69) is 4.98 Å². The molecule has 1 aromatic heterocycles. The highest BCUT2D eigenvalue weighted by Crippen LogP contribution is 2.13. The summed E-state index contributed by atoms with van der Waals surface area (Å²) in [6.07, 6.45) is 2.96. The van der Waals surface area contributed by atoms with Gasteiger partial charge in [-0.05, 0) is 6.42 Å². The number of likely N-dealkylation sites (N-methyl/N-ethyl adjacent to an activating group) is 1. The van der Waals surface area contributed by atoms with Gasteiger partial charge in [-0.15, -0.1) is 24.8 Å². The maximum Gasteiger partial charge on any atom is 0.319 e. The zero-order valence-electron chi connectivity index (χ0n) is 10.6. The first-order chi connectivity index (χ1) is 7.97. The third-order valence-corrected chi connectivity index (χ3v) is 2.47. The smallest absolute Gasteiger partial charge is 0.319 e. The van der Waals surface area contributed by atoms with Crippen molar-refractivity contribution in [2.45, 2.75) is 32.5 Å².